The van der Waals surface area contributed by atoms with E-state index in [9.17, 15) is 4.79 Å². The summed E-state index contributed by atoms with van der Waals surface area (Å²) in [5.74, 6) is -0.318. The van der Waals surface area contributed by atoms with E-state index in [1.165, 1.54) is 6.07 Å². The van der Waals surface area contributed by atoms with Crippen LogP contribution in [0.3, 0.4) is 0 Å². The lowest BCUT2D eigenvalue weighted by atomic mass is 10.2. The molecular weight excluding hydrogens is 331 g/mol. The minimum Gasteiger partial charge on any atom is -0.376 e. The molecule has 0 atom stereocenters. The van der Waals surface area contributed by atoms with Crippen molar-refractivity contribution < 1.29 is 4.79 Å². The van der Waals surface area contributed by atoms with Crippen LogP contribution in [0.15, 0.2) is 36.4 Å². The lowest BCUT2D eigenvalue weighted by Crippen LogP contribution is -2.17. The number of hydrogen-bond donors (Lipinski definition) is 1. The number of anilines is 2. The third kappa shape index (κ3) is 3.82. The molecule has 2 aromatic rings. The van der Waals surface area contributed by atoms with Crippen LogP contribution in [0.5, 0.6) is 0 Å². The maximum Gasteiger partial charge on any atom is 0.257 e. The number of hydrogen-bond acceptors (Lipinski definition) is 2. The zero-order chi connectivity index (χ0) is 15.6. The second-order valence-electron chi connectivity index (χ2n) is 4.63. The van der Waals surface area contributed by atoms with Gasteiger partial charge in [-0.25, -0.2) is 0 Å². The van der Waals surface area contributed by atoms with Gasteiger partial charge in [0.2, 0.25) is 0 Å². The molecule has 0 saturated carbocycles. The highest BCUT2D eigenvalue weighted by molar-refractivity contribution is 6.37. The fourth-order valence-corrected chi connectivity index (χ4v) is 2.53. The Kier molecular flexibility index (Phi) is 4.99. The first-order valence-electron chi connectivity index (χ1n) is 6.12. The maximum atomic E-state index is 12.3. The number of carbonyl (C=O) groups is 1. The molecule has 0 heterocycles. The lowest BCUT2D eigenvalue weighted by Gasteiger charge is -2.18. The molecule has 21 heavy (non-hydrogen) atoms. The van der Waals surface area contributed by atoms with Gasteiger partial charge < -0.3 is 10.2 Å². The van der Waals surface area contributed by atoms with Crippen molar-refractivity contribution in [2.24, 2.45) is 0 Å². The number of halogens is 3. The molecule has 1 N–H and O–H groups in total. The van der Waals surface area contributed by atoms with Gasteiger partial charge in [-0.05, 0) is 36.4 Å². The van der Waals surface area contributed by atoms with Crippen LogP contribution < -0.4 is 10.2 Å². The predicted molar refractivity (Wildman–Crippen MR) is 90.2 cm³/mol. The highest BCUT2D eigenvalue weighted by Gasteiger charge is 2.14. The molecule has 0 saturated heterocycles. The number of benzene rings is 2. The van der Waals surface area contributed by atoms with Crippen LogP contribution in [-0.4, -0.2) is 20.0 Å². The van der Waals surface area contributed by atoms with Crippen molar-refractivity contribution in [2.45, 2.75) is 0 Å². The monoisotopic (exact) mass is 342 g/mol. The van der Waals surface area contributed by atoms with E-state index in [1.807, 2.05) is 25.1 Å². The molecule has 0 aliphatic heterocycles. The highest BCUT2D eigenvalue weighted by atomic mass is 35.5. The van der Waals surface area contributed by atoms with E-state index in [0.29, 0.717) is 26.3 Å². The quantitative estimate of drug-likeness (QED) is 0.853. The Bertz CT molecular complexity index is 687. The Balaban J connectivity index is 2.33. The molecule has 0 unspecified atom stereocenters. The summed E-state index contributed by atoms with van der Waals surface area (Å²) in [6, 6.07) is 10.0. The van der Waals surface area contributed by atoms with Crippen LogP contribution in [0.25, 0.3) is 0 Å². The van der Waals surface area contributed by atoms with Crippen LogP contribution in [-0.2, 0) is 0 Å². The first-order valence-corrected chi connectivity index (χ1v) is 7.25. The second-order valence-corrected chi connectivity index (χ2v) is 5.91. The Hall–Kier alpha value is -1.42. The normalized spacial score (nSPS) is 10.3. The molecule has 2 rings (SSSR count). The summed E-state index contributed by atoms with van der Waals surface area (Å²) in [5.41, 5.74) is 1.81. The van der Waals surface area contributed by atoms with Gasteiger partial charge >= 0.3 is 0 Å². The van der Waals surface area contributed by atoms with E-state index in [1.54, 1.807) is 24.3 Å². The van der Waals surface area contributed by atoms with E-state index in [0.717, 1.165) is 5.69 Å². The average Bonchev–Trinajstić information content (AvgIpc) is 2.37. The molecule has 3 nitrogen and oxygen atoms in total. The zero-order valence-corrected chi connectivity index (χ0v) is 13.7. The number of nitrogens with zero attached hydrogens (tertiary/aromatic N) is 1. The Labute approximate surface area is 138 Å². The van der Waals surface area contributed by atoms with E-state index < -0.39 is 0 Å². The third-order valence-corrected chi connectivity index (χ3v) is 3.65. The van der Waals surface area contributed by atoms with E-state index in [4.69, 9.17) is 34.8 Å². The first-order chi connectivity index (χ1) is 9.88. The van der Waals surface area contributed by atoms with Gasteiger partial charge in [0.1, 0.15) is 0 Å². The summed E-state index contributed by atoms with van der Waals surface area (Å²) in [5, 5.41) is 4.14. The van der Waals surface area contributed by atoms with E-state index in [-0.39, 0.29) is 5.91 Å². The summed E-state index contributed by atoms with van der Waals surface area (Å²) in [7, 11) is 3.77. The van der Waals surface area contributed by atoms with E-state index in [2.05, 4.69) is 5.32 Å². The maximum absolute atomic E-state index is 12.3. The Morgan fingerprint density at radius 1 is 1.00 bits per heavy atom. The van der Waals surface area contributed by atoms with Gasteiger partial charge in [0.15, 0.2) is 0 Å². The summed E-state index contributed by atoms with van der Waals surface area (Å²) < 4.78 is 0. The van der Waals surface area contributed by atoms with E-state index >= 15 is 0 Å². The molecule has 6 heteroatoms. The molecule has 0 spiro atoms. The first kappa shape index (κ1) is 16.0. The molecule has 0 fully saturated rings. The molecule has 0 aliphatic carbocycles. The van der Waals surface area contributed by atoms with Crippen LogP contribution in [0, 0.1) is 0 Å². The van der Waals surface area contributed by atoms with Crippen LogP contribution in [0.1, 0.15) is 10.4 Å². The van der Waals surface area contributed by atoms with Crippen molar-refractivity contribution in [3.8, 4) is 0 Å². The van der Waals surface area contributed by atoms with Crippen LogP contribution in [0.4, 0.5) is 11.4 Å². The van der Waals surface area contributed by atoms with Gasteiger partial charge in [-0.15, -0.1) is 0 Å². The molecule has 2 aromatic carbocycles. The molecular formula is C15H13Cl3N2O. The SMILES string of the molecule is CN(C)c1ccc(Cl)cc1NC(=O)c1ccc(Cl)cc1Cl. The number of carbonyl (C=O) groups excluding carboxylic acids is 1. The van der Waals surface area contributed by atoms with Gasteiger partial charge in [0.25, 0.3) is 5.91 Å². The average molecular weight is 344 g/mol. The van der Waals surface area contributed by atoms with Gasteiger partial charge in [0.05, 0.1) is 22.0 Å². The Morgan fingerprint density at radius 2 is 1.62 bits per heavy atom. The summed E-state index contributed by atoms with van der Waals surface area (Å²) in [6.07, 6.45) is 0. The van der Waals surface area contributed by atoms with Crippen molar-refractivity contribution in [3.63, 3.8) is 0 Å². The fraction of sp³-hybridized carbons (Fsp3) is 0.133. The lowest BCUT2D eigenvalue weighted by molar-refractivity contribution is 0.102. The standard InChI is InChI=1S/C15H13Cl3N2O/c1-20(2)14-6-4-10(17)8-13(14)19-15(21)11-5-3-9(16)7-12(11)18/h3-8H,1-2H3,(H,19,21). The number of nitrogens with one attached hydrogen (secondary N) is 1. The van der Waals surface area contributed by atoms with Crippen LogP contribution in [0.2, 0.25) is 15.1 Å². The van der Waals surface area contributed by atoms with Gasteiger partial charge in [-0.2, -0.15) is 0 Å². The van der Waals surface area contributed by atoms with Crippen molar-refractivity contribution in [3.05, 3.63) is 57.0 Å². The van der Waals surface area contributed by atoms with Crippen molar-refractivity contribution in [1.29, 1.82) is 0 Å². The minimum atomic E-state index is -0.318. The topological polar surface area (TPSA) is 32.3 Å². The van der Waals surface area contributed by atoms with Crippen LogP contribution >= 0.6 is 34.8 Å². The van der Waals surface area contributed by atoms with Gasteiger partial charge in [0, 0.05) is 24.1 Å². The number of rotatable bonds is 3. The predicted octanol–water partition coefficient (Wildman–Crippen LogP) is 4.97. The van der Waals surface area contributed by atoms with Crippen molar-refractivity contribution in [1.82, 2.24) is 0 Å². The largest absolute Gasteiger partial charge is 0.376 e. The van der Waals surface area contributed by atoms with Crippen molar-refractivity contribution in [2.75, 3.05) is 24.3 Å². The smallest absolute Gasteiger partial charge is 0.257 e. The second kappa shape index (κ2) is 6.56. The zero-order valence-electron chi connectivity index (χ0n) is 11.5. The molecule has 0 radical (unpaired) electrons. The van der Waals surface area contributed by atoms with Gasteiger partial charge in [-0.1, -0.05) is 34.8 Å². The van der Waals surface area contributed by atoms with Gasteiger partial charge in [-0.3, -0.25) is 4.79 Å². The fourth-order valence-electron chi connectivity index (χ4n) is 1.86. The highest BCUT2D eigenvalue weighted by Crippen LogP contribution is 2.29. The molecule has 0 aliphatic rings. The summed E-state index contributed by atoms with van der Waals surface area (Å²) in [6.45, 7) is 0. The molecule has 110 valence electrons. The van der Waals surface area contributed by atoms with Crippen molar-refractivity contribution >= 4 is 52.1 Å². The minimum absolute atomic E-state index is 0.299. The molecule has 1 amide bonds. The molecule has 0 bridgehead atoms. The summed E-state index contributed by atoms with van der Waals surface area (Å²) >= 11 is 17.9. The third-order valence-electron chi connectivity index (χ3n) is 2.86. The number of amides is 1. The molecule has 0 aromatic heterocycles. The summed E-state index contributed by atoms with van der Waals surface area (Å²) in [4.78, 5) is 14.2. The Morgan fingerprint density at radius 3 is 2.24 bits per heavy atom.